The van der Waals surface area contributed by atoms with Crippen molar-refractivity contribution < 1.29 is 20.1 Å². The van der Waals surface area contributed by atoms with E-state index in [1.165, 1.54) is 0 Å². The summed E-state index contributed by atoms with van der Waals surface area (Å²) in [6.45, 7) is 1.57. The van der Waals surface area contributed by atoms with Gasteiger partial charge in [0.2, 0.25) is 0 Å². The molecule has 0 aromatic heterocycles. The van der Waals surface area contributed by atoms with Crippen LogP contribution in [0.3, 0.4) is 0 Å². The molecule has 0 aromatic carbocycles. The van der Waals surface area contributed by atoms with Crippen LogP contribution in [0.1, 0.15) is 13.3 Å². The van der Waals surface area contributed by atoms with Crippen molar-refractivity contribution in [1.82, 2.24) is 0 Å². The summed E-state index contributed by atoms with van der Waals surface area (Å²) in [5.74, 6) is 0. The molecule has 0 spiro atoms. The Hall–Kier alpha value is -0.160. The minimum atomic E-state index is -0.821. The highest BCUT2D eigenvalue weighted by atomic mass is 16.5. The zero-order valence-electron chi connectivity index (χ0n) is 6.47. The maximum atomic E-state index is 9.21. The van der Waals surface area contributed by atoms with Crippen molar-refractivity contribution in [2.75, 3.05) is 6.61 Å². The van der Waals surface area contributed by atoms with Gasteiger partial charge in [-0.05, 0) is 6.92 Å². The van der Waals surface area contributed by atoms with Crippen LogP contribution >= 0.6 is 0 Å². The Bertz CT molecular complexity index is 116. The first-order chi connectivity index (χ1) is 5.15. The van der Waals surface area contributed by atoms with Crippen LogP contribution in [0, 0.1) is 0 Å². The van der Waals surface area contributed by atoms with Gasteiger partial charge in [0.25, 0.3) is 0 Å². The first-order valence-corrected chi connectivity index (χ1v) is 3.77. The normalized spacial score (nSPS) is 45.8. The van der Waals surface area contributed by atoms with Crippen molar-refractivity contribution in [2.24, 2.45) is 0 Å². The zero-order valence-corrected chi connectivity index (χ0v) is 6.47. The Kier molecular flexibility index (Phi) is 2.84. The van der Waals surface area contributed by atoms with E-state index in [1.54, 1.807) is 6.92 Å². The molecule has 1 aliphatic rings. The molecule has 1 aliphatic heterocycles. The van der Waals surface area contributed by atoms with Crippen molar-refractivity contribution in [1.29, 1.82) is 0 Å². The van der Waals surface area contributed by atoms with E-state index in [2.05, 4.69) is 0 Å². The van der Waals surface area contributed by atoms with Crippen LogP contribution in [0.4, 0.5) is 0 Å². The third kappa shape index (κ3) is 1.90. The maximum Gasteiger partial charge on any atom is 0.106 e. The van der Waals surface area contributed by atoms with Crippen molar-refractivity contribution in [3.8, 4) is 0 Å². The molecule has 66 valence electrons. The second-order valence-electron chi connectivity index (χ2n) is 2.94. The van der Waals surface area contributed by atoms with Gasteiger partial charge in [0.1, 0.15) is 6.10 Å². The van der Waals surface area contributed by atoms with Crippen LogP contribution in [0.25, 0.3) is 0 Å². The summed E-state index contributed by atoms with van der Waals surface area (Å²) in [5, 5.41) is 27.1. The van der Waals surface area contributed by atoms with Crippen molar-refractivity contribution >= 4 is 0 Å². The fourth-order valence-corrected chi connectivity index (χ4v) is 1.28. The molecule has 11 heavy (non-hydrogen) atoms. The molecule has 1 heterocycles. The molecule has 1 rings (SSSR count). The second kappa shape index (κ2) is 3.49. The van der Waals surface area contributed by atoms with Crippen LogP contribution in [-0.4, -0.2) is 46.3 Å². The monoisotopic (exact) mass is 162 g/mol. The summed E-state index contributed by atoms with van der Waals surface area (Å²) in [6.07, 6.45) is -2.00. The van der Waals surface area contributed by atoms with Crippen LogP contribution in [0.2, 0.25) is 0 Å². The SMILES string of the molecule is CC1O[C@H](CO)C[C@@H](O)[C@H]1O. The van der Waals surface area contributed by atoms with E-state index in [-0.39, 0.29) is 12.7 Å². The van der Waals surface area contributed by atoms with Crippen molar-refractivity contribution in [3.05, 3.63) is 0 Å². The molecule has 0 amide bonds. The molecule has 4 nitrogen and oxygen atoms in total. The van der Waals surface area contributed by atoms with E-state index in [0.29, 0.717) is 6.42 Å². The molecule has 4 atom stereocenters. The van der Waals surface area contributed by atoms with Crippen molar-refractivity contribution in [3.63, 3.8) is 0 Å². The quantitative estimate of drug-likeness (QED) is 0.456. The smallest absolute Gasteiger partial charge is 0.106 e. The lowest BCUT2D eigenvalue weighted by molar-refractivity contribution is -0.170. The predicted octanol–water partition coefficient (Wildman–Crippen LogP) is -1.12. The summed E-state index contributed by atoms with van der Waals surface area (Å²) >= 11 is 0. The fourth-order valence-electron chi connectivity index (χ4n) is 1.28. The van der Waals surface area contributed by atoms with E-state index >= 15 is 0 Å². The third-order valence-electron chi connectivity index (χ3n) is 1.99. The van der Waals surface area contributed by atoms with Gasteiger partial charge < -0.3 is 20.1 Å². The van der Waals surface area contributed by atoms with E-state index in [1.807, 2.05) is 0 Å². The Morgan fingerprint density at radius 3 is 2.55 bits per heavy atom. The molecule has 0 aromatic rings. The average molecular weight is 162 g/mol. The summed E-state index contributed by atoms with van der Waals surface area (Å²) in [6, 6.07) is 0. The first kappa shape index (κ1) is 8.93. The third-order valence-corrected chi connectivity index (χ3v) is 1.99. The van der Waals surface area contributed by atoms with Gasteiger partial charge in [0.15, 0.2) is 0 Å². The Morgan fingerprint density at radius 2 is 2.09 bits per heavy atom. The molecule has 0 saturated carbocycles. The van der Waals surface area contributed by atoms with Gasteiger partial charge in [-0.15, -0.1) is 0 Å². The fraction of sp³-hybridized carbons (Fsp3) is 1.00. The summed E-state index contributed by atoms with van der Waals surface area (Å²) in [7, 11) is 0. The van der Waals surface area contributed by atoms with Crippen LogP contribution in [-0.2, 0) is 4.74 Å². The lowest BCUT2D eigenvalue weighted by Gasteiger charge is -2.34. The number of hydrogen-bond donors (Lipinski definition) is 3. The molecule has 1 unspecified atom stereocenters. The second-order valence-corrected chi connectivity index (χ2v) is 2.94. The van der Waals surface area contributed by atoms with Gasteiger partial charge in [-0.1, -0.05) is 0 Å². The highest BCUT2D eigenvalue weighted by Gasteiger charge is 2.33. The van der Waals surface area contributed by atoms with Gasteiger partial charge >= 0.3 is 0 Å². The van der Waals surface area contributed by atoms with E-state index in [9.17, 15) is 10.2 Å². The Labute approximate surface area is 65.4 Å². The van der Waals surface area contributed by atoms with E-state index in [0.717, 1.165) is 0 Å². The van der Waals surface area contributed by atoms with Gasteiger partial charge in [-0.3, -0.25) is 0 Å². The predicted molar refractivity (Wildman–Crippen MR) is 38.1 cm³/mol. The maximum absolute atomic E-state index is 9.21. The minimum absolute atomic E-state index is 0.103. The van der Waals surface area contributed by atoms with Gasteiger partial charge in [0.05, 0.1) is 24.9 Å². The molecule has 1 fully saturated rings. The molecule has 1 saturated heterocycles. The van der Waals surface area contributed by atoms with E-state index < -0.39 is 18.3 Å². The molecule has 4 heteroatoms. The lowest BCUT2D eigenvalue weighted by atomic mass is 9.99. The Balaban J connectivity index is 2.47. The molecule has 0 radical (unpaired) electrons. The van der Waals surface area contributed by atoms with Crippen LogP contribution in [0.15, 0.2) is 0 Å². The number of rotatable bonds is 1. The summed E-state index contributed by atoms with van der Waals surface area (Å²) < 4.78 is 5.16. The standard InChI is InChI=1S/C7H14O4/c1-4-7(10)6(9)2-5(3-8)11-4/h4-10H,2-3H2,1H3/t4?,5-,6+,7-/m0/s1. The molecule has 0 aliphatic carbocycles. The Morgan fingerprint density at radius 1 is 1.45 bits per heavy atom. The molecular formula is C7H14O4. The lowest BCUT2D eigenvalue weighted by Crippen LogP contribution is -2.47. The van der Waals surface area contributed by atoms with Gasteiger partial charge in [0, 0.05) is 6.42 Å². The van der Waals surface area contributed by atoms with Gasteiger partial charge in [-0.2, -0.15) is 0 Å². The minimum Gasteiger partial charge on any atom is -0.394 e. The van der Waals surface area contributed by atoms with E-state index in [4.69, 9.17) is 9.84 Å². The zero-order chi connectivity index (χ0) is 8.43. The molecule has 3 N–H and O–H groups in total. The average Bonchev–Trinajstić information content (AvgIpc) is 1.99. The molecule has 0 bridgehead atoms. The summed E-state index contributed by atoms with van der Waals surface area (Å²) in [5.41, 5.74) is 0. The number of hydrogen-bond acceptors (Lipinski definition) is 4. The summed E-state index contributed by atoms with van der Waals surface area (Å²) in [4.78, 5) is 0. The van der Waals surface area contributed by atoms with Crippen LogP contribution < -0.4 is 0 Å². The topological polar surface area (TPSA) is 69.9 Å². The number of ether oxygens (including phenoxy) is 1. The molecular weight excluding hydrogens is 148 g/mol. The van der Waals surface area contributed by atoms with Crippen molar-refractivity contribution in [2.45, 2.75) is 37.8 Å². The largest absolute Gasteiger partial charge is 0.394 e. The highest BCUT2D eigenvalue weighted by molar-refractivity contribution is 4.82. The highest BCUT2D eigenvalue weighted by Crippen LogP contribution is 2.19. The first-order valence-electron chi connectivity index (χ1n) is 3.77. The van der Waals surface area contributed by atoms with Crippen LogP contribution in [0.5, 0.6) is 0 Å². The van der Waals surface area contributed by atoms with Gasteiger partial charge in [-0.25, -0.2) is 0 Å². The number of aliphatic hydroxyl groups is 3. The number of aliphatic hydroxyl groups excluding tert-OH is 3.